The molecule has 0 radical (unpaired) electrons. The molecule has 0 bridgehead atoms. The van der Waals surface area contributed by atoms with E-state index in [4.69, 9.17) is 9.15 Å². The Balaban J connectivity index is 1.69. The zero-order valence-corrected chi connectivity index (χ0v) is 15.4. The highest BCUT2D eigenvalue weighted by molar-refractivity contribution is 5.97. The average molecular weight is 352 g/mol. The normalized spacial score (nSPS) is 20.7. The van der Waals surface area contributed by atoms with Crippen LogP contribution < -0.4 is 0 Å². The summed E-state index contributed by atoms with van der Waals surface area (Å²) in [7, 11) is 0. The van der Waals surface area contributed by atoms with E-state index in [1.165, 1.54) is 5.56 Å². The van der Waals surface area contributed by atoms with E-state index in [1.807, 2.05) is 30.9 Å². The molecule has 4 rings (SSSR count). The van der Waals surface area contributed by atoms with Crippen molar-refractivity contribution in [3.05, 3.63) is 59.5 Å². The predicted octanol–water partition coefficient (Wildman–Crippen LogP) is 3.84. The average Bonchev–Trinajstić information content (AvgIpc) is 3.18. The number of ether oxygens (including phenoxy) is 1. The Bertz CT molecular complexity index is 913. The summed E-state index contributed by atoms with van der Waals surface area (Å²) in [6.45, 7) is 7.95. The van der Waals surface area contributed by atoms with Crippen molar-refractivity contribution in [1.29, 1.82) is 0 Å². The van der Waals surface area contributed by atoms with Crippen LogP contribution in [0.15, 0.2) is 47.1 Å². The van der Waals surface area contributed by atoms with Gasteiger partial charge in [-0.2, -0.15) is 0 Å². The number of carbonyl (C=O) groups excluding carboxylic acids is 1. The van der Waals surface area contributed by atoms with Gasteiger partial charge in [0.15, 0.2) is 5.58 Å². The Morgan fingerprint density at radius 3 is 2.50 bits per heavy atom. The lowest BCUT2D eigenvalue weighted by Gasteiger charge is -2.35. The van der Waals surface area contributed by atoms with Crippen molar-refractivity contribution in [3.8, 4) is 0 Å². The minimum absolute atomic E-state index is 0.0329. The van der Waals surface area contributed by atoms with Crippen LogP contribution in [0, 0.1) is 6.92 Å². The van der Waals surface area contributed by atoms with Crippen molar-refractivity contribution in [2.24, 2.45) is 0 Å². The third kappa shape index (κ3) is 3.15. The van der Waals surface area contributed by atoms with Gasteiger partial charge in [0.1, 0.15) is 5.69 Å². The molecule has 5 heteroatoms. The van der Waals surface area contributed by atoms with Crippen molar-refractivity contribution in [3.63, 3.8) is 0 Å². The van der Waals surface area contributed by atoms with Crippen molar-refractivity contribution in [2.75, 3.05) is 13.1 Å². The molecular weight excluding hydrogens is 328 g/mol. The maximum absolute atomic E-state index is 13.2. The molecule has 5 nitrogen and oxygen atoms in total. The Kier molecular flexibility index (Phi) is 4.32. The van der Waals surface area contributed by atoms with Crippen LogP contribution in [0.3, 0.4) is 0 Å². The molecule has 2 atom stereocenters. The zero-order chi connectivity index (χ0) is 18.3. The first-order valence-electron chi connectivity index (χ1n) is 9.08. The molecule has 1 amide bonds. The standard InChI is InChI=1S/C21H24N2O3/c1-14-4-6-17(7-5-14)13-23-18-8-9-25-20(18)10-19(23)21(24)22-11-15(2)26-16(3)12-22/h4-10,15-16H,11-13H2,1-3H3. The molecule has 1 aromatic carbocycles. The smallest absolute Gasteiger partial charge is 0.270 e. The lowest BCUT2D eigenvalue weighted by molar-refractivity contribution is -0.0588. The summed E-state index contributed by atoms with van der Waals surface area (Å²) in [5.41, 5.74) is 4.74. The summed E-state index contributed by atoms with van der Waals surface area (Å²) in [6.07, 6.45) is 1.76. The second kappa shape index (κ2) is 6.65. The molecule has 0 N–H and O–H groups in total. The van der Waals surface area contributed by atoms with E-state index in [0.717, 1.165) is 16.7 Å². The van der Waals surface area contributed by atoms with Gasteiger partial charge in [0.2, 0.25) is 0 Å². The third-order valence-electron chi connectivity index (χ3n) is 4.91. The molecule has 1 saturated heterocycles. The molecule has 2 unspecified atom stereocenters. The maximum Gasteiger partial charge on any atom is 0.270 e. The van der Waals surface area contributed by atoms with Crippen LogP contribution in [0.4, 0.5) is 0 Å². The zero-order valence-electron chi connectivity index (χ0n) is 15.4. The van der Waals surface area contributed by atoms with E-state index in [0.29, 0.717) is 25.3 Å². The first kappa shape index (κ1) is 16.9. The number of nitrogens with zero attached hydrogens (tertiary/aromatic N) is 2. The fourth-order valence-electron chi connectivity index (χ4n) is 3.71. The second-order valence-corrected chi connectivity index (χ2v) is 7.24. The van der Waals surface area contributed by atoms with Gasteiger partial charge in [-0.05, 0) is 26.3 Å². The van der Waals surface area contributed by atoms with E-state index in [9.17, 15) is 4.79 Å². The third-order valence-corrected chi connectivity index (χ3v) is 4.91. The highest BCUT2D eigenvalue weighted by Crippen LogP contribution is 2.25. The number of rotatable bonds is 3. The Morgan fingerprint density at radius 2 is 1.81 bits per heavy atom. The van der Waals surface area contributed by atoms with Crippen molar-refractivity contribution in [2.45, 2.75) is 39.5 Å². The number of aromatic nitrogens is 1. The van der Waals surface area contributed by atoms with Gasteiger partial charge < -0.3 is 18.6 Å². The van der Waals surface area contributed by atoms with Crippen LogP contribution >= 0.6 is 0 Å². The number of furan rings is 1. The molecule has 136 valence electrons. The number of fused-ring (bicyclic) bond motifs is 1. The highest BCUT2D eigenvalue weighted by atomic mass is 16.5. The molecule has 1 aliphatic heterocycles. The lowest BCUT2D eigenvalue weighted by Crippen LogP contribution is -2.48. The van der Waals surface area contributed by atoms with Gasteiger partial charge in [-0.3, -0.25) is 4.79 Å². The van der Waals surface area contributed by atoms with Crippen LogP contribution in [0.2, 0.25) is 0 Å². The van der Waals surface area contributed by atoms with Gasteiger partial charge >= 0.3 is 0 Å². The topological polar surface area (TPSA) is 47.6 Å². The molecule has 0 aliphatic carbocycles. The van der Waals surface area contributed by atoms with Crippen LogP contribution in [-0.2, 0) is 11.3 Å². The minimum Gasteiger partial charge on any atom is -0.463 e. The summed E-state index contributed by atoms with van der Waals surface area (Å²) in [6, 6.07) is 12.2. The van der Waals surface area contributed by atoms with Crippen LogP contribution in [0.25, 0.3) is 11.1 Å². The van der Waals surface area contributed by atoms with Gasteiger partial charge in [0.05, 0.1) is 24.0 Å². The van der Waals surface area contributed by atoms with Gasteiger partial charge in [0, 0.05) is 31.8 Å². The Labute approximate surface area is 153 Å². The van der Waals surface area contributed by atoms with Crippen molar-refractivity contribution in [1.82, 2.24) is 9.47 Å². The fourth-order valence-corrected chi connectivity index (χ4v) is 3.71. The first-order chi connectivity index (χ1) is 12.5. The maximum atomic E-state index is 13.2. The van der Waals surface area contributed by atoms with Gasteiger partial charge in [-0.15, -0.1) is 0 Å². The number of carbonyl (C=O) groups is 1. The highest BCUT2D eigenvalue weighted by Gasteiger charge is 2.29. The van der Waals surface area contributed by atoms with Gasteiger partial charge in [-0.25, -0.2) is 0 Å². The van der Waals surface area contributed by atoms with Crippen molar-refractivity contribution < 1.29 is 13.9 Å². The summed E-state index contributed by atoms with van der Waals surface area (Å²) in [4.78, 5) is 15.1. The second-order valence-electron chi connectivity index (χ2n) is 7.24. The Hall–Kier alpha value is -2.53. The molecule has 3 aromatic rings. The summed E-state index contributed by atoms with van der Waals surface area (Å²) >= 11 is 0. The summed E-state index contributed by atoms with van der Waals surface area (Å²) in [5, 5.41) is 0. The minimum atomic E-state index is 0.0329. The molecule has 3 heterocycles. The molecule has 0 spiro atoms. The molecule has 26 heavy (non-hydrogen) atoms. The molecule has 1 aliphatic rings. The first-order valence-corrected chi connectivity index (χ1v) is 9.08. The SMILES string of the molecule is Cc1ccc(Cn2c(C(=O)N3CC(C)OC(C)C3)cc3occc32)cc1. The van der Waals surface area contributed by atoms with Crippen molar-refractivity contribution >= 4 is 17.0 Å². The fraction of sp³-hybridized carbons (Fsp3) is 0.381. The molecular formula is C21H24N2O3. The Morgan fingerprint density at radius 1 is 1.12 bits per heavy atom. The molecule has 0 saturated carbocycles. The summed E-state index contributed by atoms with van der Waals surface area (Å²) < 4.78 is 13.4. The monoisotopic (exact) mass is 352 g/mol. The number of morpholine rings is 1. The molecule has 1 fully saturated rings. The quantitative estimate of drug-likeness (QED) is 0.719. The number of hydrogen-bond donors (Lipinski definition) is 0. The predicted molar refractivity (Wildman–Crippen MR) is 100 cm³/mol. The van der Waals surface area contributed by atoms with Crippen LogP contribution in [-0.4, -0.2) is 40.7 Å². The van der Waals surface area contributed by atoms with Crippen LogP contribution in [0.5, 0.6) is 0 Å². The van der Waals surface area contributed by atoms with E-state index in [1.54, 1.807) is 6.26 Å². The number of aryl methyl sites for hydroxylation is 1. The van der Waals surface area contributed by atoms with E-state index >= 15 is 0 Å². The number of amides is 1. The number of benzene rings is 1. The largest absolute Gasteiger partial charge is 0.463 e. The van der Waals surface area contributed by atoms with E-state index in [-0.39, 0.29) is 18.1 Å². The summed E-state index contributed by atoms with van der Waals surface area (Å²) in [5.74, 6) is 0.0329. The molecule has 2 aromatic heterocycles. The lowest BCUT2D eigenvalue weighted by atomic mass is 10.1. The number of hydrogen-bond acceptors (Lipinski definition) is 3. The van der Waals surface area contributed by atoms with E-state index < -0.39 is 0 Å². The van der Waals surface area contributed by atoms with Gasteiger partial charge in [0.25, 0.3) is 5.91 Å². The van der Waals surface area contributed by atoms with E-state index in [2.05, 4.69) is 35.8 Å². The van der Waals surface area contributed by atoms with Gasteiger partial charge in [-0.1, -0.05) is 29.8 Å². The van der Waals surface area contributed by atoms with Crippen LogP contribution in [0.1, 0.15) is 35.5 Å².